The smallest absolute Gasteiger partial charge is 0.314 e. The monoisotopic (exact) mass is 390 g/mol. The zero-order valence-electron chi connectivity index (χ0n) is 15.0. The van der Waals surface area contributed by atoms with Crippen LogP contribution in [0.15, 0.2) is 24.3 Å². The maximum Gasteiger partial charge on any atom is 0.314 e. The van der Waals surface area contributed by atoms with Gasteiger partial charge in [-0.25, -0.2) is 4.68 Å². The highest BCUT2D eigenvalue weighted by molar-refractivity contribution is 7.98. The number of hydrogen-bond donors (Lipinski definition) is 3. The number of aliphatic hydroxyl groups excluding tert-OH is 1. The molecule has 9 heteroatoms. The van der Waals surface area contributed by atoms with Crippen molar-refractivity contribution in [3.8, 4) is 5.69 Å². The minimum atomic E-state index is -0.745. The molecule has 0 atom stereocenters. The number of aromatic nitrogens is 2. The highest BCUT2D eigenvalue weighted by Crippen LogP contribution is 2.36. The molecule has 3 rings (SSSR count). The van der Waals surface area contributed by atoms with Crippen molar-refractivity contribution < 1.29 is 19.4 Å². The van der Waals surface area contributed by atoms with Gasteiger partial charge in [-0.2, -0.15) is 16.9 Å². The van der Waals surface area contributed by atoms with E-state index in [1.165, 1.54) is 0 Å². The summed E-state index contributed by atoms with van der Waals surface area (Å²) in [6, 6.07) is 7.80. The second kappa shape index (κ2) is 9.03. The molecule has 0 saturated heterocycles. The highest BCUT2D eigenvalue weighted by Gasteiger charge is 2.26. The molecule has 2 amide bonds. The number of thioether (sulfide) groups is 1. The van der Waals surface area contributed by atoms with E-state index in [0.717, 1.165) is 34.0 Å². The SMILES string of the molecule is Cc1cccc(-n2nc3c(c2NC(=O)C(=O)NCCOCCO)CSC3)c1. The number of amides is 2. The minimum Gasteiger partial charge on any atom is -0.394 e. The number of carbonyl (C=O) groups excluding carboxylic acids is 2. The maximum absolute atomic E-state index is 12.3. The maximum atomic E-state index is 12.3. The van der Waals surface area contributed by atoms with Gasteiger partial charge in [0.25, 0.3) is 0 Å². The van der Waals surface area contributed by atoms with E-state index in [1.54, 1.807) is 16.4 Å². The average molecular weight is 390 g/mol. The van der Waals surface area contributed by atoms with Gasteiger partial charge in [-0.1, -0.05) is 12.1 Å². The van der Waals surface area contributed by atoms with E-state index in [1.807, 2.05) is 31.2 Å². The van der Waals surface area contributed by atoms with Gasteiger partial charge in [-0.15, -0.1) is 0 Å². The second-order valence-electron chi connectivity index (χ2n) is 6.06. The summed E-state index contributed by atoms with van der Waals surface area (Å²) in [5.74, 6) is 0.584. The third-order valence-electron chi connectivity index (χ3n) is 4.00. The van der Waals surface area contributed by atoms with Gasteiger partial charge in [0.05, 0.1) is 31.2 Å². The van der Waals surface area contributed by atoms with E-state index in [-0.39, 0.29) is 26.4 Å². The van der Waals surface area contributed by atoms with Gasteiger partial charge in [-0.3, -0.25) is 9.59 Å². The number of hydrogen-bond acceptors (Lipinski definition) is 6. The lowest BCUT2D eigenvalue weighted by Crippen LogP contribution is -2.37. The van der Waals surface area contributed by atoms with Crippen molar-refractivity contribution in [2.24, 2.45) is 0 Å². The van der Waals surface area contributed by atoms with E-state index in [9.17, 15) is 9.59 Å². The summed E-state index contributed by atoms with van der Waals surface area (Å²) in [6.07, 6.45) is 0. The number of rotatable bonds is 7. The molecule has 1 aliphatic rings. The molecule has 0 aliphatic carbocycles. The molecule has 0 spiro atoms. The molecule has 0 unspecified atom stereocenters. The Hall–Kier alpha value is -2.36. The fourth-order valence-corrected chi connectivity index (χ4v) is 3.77. The summed E-state index contributed by atoms with van der Waals surface area (Å²) >= 11 is 1.72. The average Bonchev–Trinajstić information content (AvgIpc) is 3.24. The zero-order chi connectivity index (χ0) is 19.2. The number of benzene rings is 1. The van der Waals surface area contributed by atoms with Crippen LogP contribution in [0.25, 0.3) is 5.69 Å². The van der Waals surface area contributed by atoms with Crippen LogP contribution in [-0.2, 0) is 25.8 Å². The topological polar surface area (TPSA) is 105 Å². The third kappa shape index (κ3) is 4.68. The minimum absolute atomic E-state index is 0.0828. The lowest BCUT2D eigenvalue weighted by molar-refractivity contribution is -0.136. The molecule has 0 fully saturated rings. The van der Waals surface area contributed by atoms with Crippen molar-refractivity contribution in [1.29, 1.82) is 0 Å². The Morgan fingerprint density at radius 2 is 2.15 bits per heavy atom. The number of aryl methyl sites for hydroxylation is 1. The third-order valence-corrected chi connectivity index (χ3v) is 4.97. The largest absolute Gasteiger partial charge is 0.394 e. The van der Waals surface area contributed by atoms with Gasteiger partial charge in [0.1, 0.15) is 5.82 Å². The van der Waals surface area contributed by atoms with Crippen LogP contribution in [0.5, 0.6) is 0 Å². The number of nitrogens with one attached hydrogen (secondary N) is 2. The lowest BCUT2D eigenvalue weighted by atomic mass is 10.2. The standard InChI is InChI=1S/C18H22N4O4S/c1-12-3-2-4-13(9-12)22-16(14-10-27-11-15(14)21-22)20-18(25)17(24)19-5-7-26-8-6-23/h2-4,9,23H,5-8,10-11H2,1H3,(H,19,24)(H,20,25). The summed E-state index contributed by atoms with van der Waals surface area (Å²) in [6.45, 7) is 2.52. The first-order chi connectivity index (χ1) is 13.1. The van der Waals surface area contributed by atoms with Crippen LogP contribution in [0.3, 0.4) is 0 Å². The summed E-state index contributed by atoms with van der Waals surface area (Å²) < 4.78 is 6.74. The van der Waals surface area contributed by atoms with Crippen molar-refractivity contribution in [3.05, 3.63) is 41.1 Å². The van der Waals surface area contributed by atoms with Crippen molar-refractivity contribution in [2.45, 2.75) is 18.4 Å². The van der Waals surface area contributed by atoms with Gasteiger partial charge < -0.3 is 20.5 Å². The fourth-order valence-electron chi connectivity index (χ4n) is 2.74. The van der Waals surface area contributed by atoms with Gasteiger partial charge in [0.2, 0.25) is 0 Å². The number of fused-ring (bicyclic) bond motifs is 1. The second-order valence-corrected chi connectivity index (χ2v) is 7.05. The molecule has 144 valence electrons. The van der Waals surface area contributed by atoms with Crippen molar-refractivity contribution in [2.75, 3.05) is 31.7 Å². The Labute approximate surface area is 161 Å². The van der Waals surface area contributed by atoms with Crippen molar-refractivity contribution in [3.63, 3.8) is 0 Å². The van der Waals surface area contributed by atoms with Crippen LogP contribution in [0.4, 0.5) is 5.82 Å². The Morgan fingerprint density at radius 1 is 1.30 bits per heavy atom. The summed E-state index contributed by atoms with van der Waals surface area (Å²) in [5.41, 5.74) is 3.79. The quantitative estimate of drug-likeness (QED) is 0.481. The Kier molecular flexibility index (Phi) is 6.49. The van der Waals surface area contributed by atoms with E-state index >= 15 is 0 Å². The summed E-state index contributed by atoms with van der Waals surface area (Å²) in [4.78, 5) is 24.4. The van der Waals surface area contributed by atoms with Gasteiger partial charge in [0, 0.05) is 23.6 Å². The van der Waals surface area contributed by atoms with E-state index in [4.69, 9.17) is 9.84 Å². The number of anilines is 1. The molecular formula is C18H22N4O4S. The zero-order valence-corrected chi connectivity index (χ0v) is 15.8. The van der Waals surface area contributed by atoms with Gasteiger partial charge in [-0.05, 0) is 24.6 Å². The van der Waals surface area contributed by atoms with Crippen molar-refractivity contribution >= 4 is 29.4 Å². The van der Waals surface area contributed by atoms with Crippen LogP contribution >= 0.6 is 11.8 Å². The number of aliphatic hydroxyl groups is 1. The van der Waals surface area contributed by atoms with E-state index < -0.39 is 11.8 Å². The Balaban J connectivity index is 1.72. The molecular weight excluding hydrogens is 368 g/mol. The molecule has 0 bridgehead atoms. The van der Waals surface area contributed by atoms with Crippen LogP contribution in [-0.4, -0.2) is 53.1 Å². The van der Waals surface area contributed by atoms with E-state index in [0.29, 0.717) is 5.82 Å². The van der Waals surface area contributed by atoms with Crippen LogP contribution in [0, 0.1) is 6.92 Å². The molecule has 2 heterocycles. The molecule has 1 aliphatic heterocycles. The molecule has 2 aromatic rings. The number of nitrogens with zero attached hydrogens (tertiary/aromatic N) is 2. The number of carbonyl (C=O) groups is 2. The Bertz CT molecular complexity index is 837. The highest BCUT2D eigenvalue weighted by atomic mass is 32.2. The first kappa shape index (κ1) is 19.4. The molecule has 1 aromatic carbocycles. The molecule has 0 radical (unpaired) electrons. The first-order valence-electron chi connectivity index (χ1n) is 8.63. The summed E-state index contributed by atoms with van der Waals surface area (Å²) in [7, 11) is 0. The molecule has 27 heavy (non-hydrogen) atoms. The molecule has 8 nitrogen and oxygen atoms in total. The first-order valence-corrected chi connectivity index (χ1v) is 9.79. The van der Waals surface area contributed by atoms with Crippen LogP contribution < -0.4 is 10.6 Å². The van der Waals surface area contributed by atoms with Gasteiger partial charge in [0.15, 0.2) is 0 Å². The molecule has 1 aromatic heterocycles. The van der Waals surface area contributed by atoms with Crippen LogP contribution in [0.1, 0.15) is 16.8 Å². The van der Waals surface area contributed by atoms with E-state index in [2.05, 4.69) is 15.7 Å². The van der Waals surface area contributed by atoms with Crippen LogP contribution in [0.2, 0.25) is 0 Å². The Morgan fingerprint density at radius 3 is 2.93 bits per heavy atom. The summed E-state index contributed by atoms with van der Waals surface area (Å²) in [5, 5.41) is 18.5. The number of ether oxygens (including phenoxy) is 1. The fraction of sp³-hybridized carbons (Fsp3) is 0.389. The molecule has 0 saturated carbocycles. The predicted molar refractivity (Wildman–Crippen MR) is 103 cm³/mol. The predicted octanol–water partition coefficient (Wildman–Crippen LogP) is 0.991. The van der Waals surface area contributed by atoms with Gasteiger partial charge >= 0.3 is 11.8 Å². The normalized spacial score (nSPS) is 12.7. The molecule has 3 N–H and O–H groups in total. The lowest BCUT2D eigenvalue weighted by Gasteiger charge is -2.11. The van der Waals surface area contributed by atoms with Crippen molar-refractivity contribution in [1.82, 2.24) is 15.1 Å².